The van der Waals surface area contributed by atoms with Crippen molar-refractivity contribution in [2.24, 2.45) is 0 Å². The summed E-state index contributed by atoms with van der Waals surface area (Å²) in [4.78, 5) is 7.31. The molecule has 6 heteroatoms. The maximum atomic E-state index is 14.2. The van der Waals surface area contributed by atoms with Gasteiger partial charge >= 0.3 is 0 Å². The fourth-order valence-corrected chi connectivity index (χ4v) is 3.47. The van der Waals surface area contributed by atoms with Crippen LogP contribution in [0.3, 0.4) is 0 Å². The third-order valence-corrected chi connectivity index (χ3v) is 4.80. The van der Waals surface area contributed by atoms with Gasteiger partial charge in [0.2, 0.25) is 0 Å². The van der Waals surface area contributed by atoms with E-state index in [-0.39, 0.29) is 23.4 Å². The molecule has 4 aromatic rings. The summed E-state index contributed by atoms with van der Waals surface area (Å²) < 4.78 is 56.6. The molecular weight excluding hydrogens is 380 g/mol. The van der Waals surface area contributed by atoms with Gasteiger partial charge in [-0.15, -0.1) is 0 Å². The maximum absolute atomic E-state index is 14.2. The Labute approximate surface area is 164 Å². The van der Waals surface area contributed by atoms with Crippen LogP contribution in [0.4, 0.5) is 17.6 Å². The molecule has 0 spiro atoms. The van der Waals surface area contributed by atoms with Gasteiger partial charge in [-0.05, 0) is 48.4 Å². The second kappa shape index (κ2) is 7.20. The lowest BCUT2D eigenvalue weighted by molar-refractivity contribution is 0.561. The summed E-state index contributed by atoms with van der Waals surface area (Å²) >= 11 is 0. The Morgan fingerprint density at radius 3 is 2.07 bits per heavy atom. The van der Waals surface area contributed by atoms with Crippen LogP contribution >= 0.6 is 0 Å². The molecule has 1 aromatic heterocycles. The van der Waals surface area contributed by atoms with E-state index in [1.54, 1.807) is 19.1 Å². The quantitative estimate of drug-likeness (QED) is 0.397. The highest BCUT2D eigenvalue weighted by atomic mass is 19.1. The number of aromatic nitrogens is 2. The minimum atomic E-state index is -0.741. The Kier molecular flexibility index (Phi) is 4.70. The molecule has 0 radical (unpaired) electrons. The molecule has 0 fully saturated rings. The number of H-pyrrole nitrogens is 1. The third-order valence-electron chi connectivity index (χ3n) is 4.80. The number of benzene rings is 3. The first kappa shape index (κ1) is 18.9. The Morgan fingerprint density at radius 2 is 1.48 bits per heavy atom. The first-order chi connectivity index (χ1) is 13.9. The molecule has 0 bridgehead atoms. The van der Waals surface area contributed by atoms with Gasteiger partial charge in [-0.3, -0.25) is 0 Å². The summed E-state index contributed by atoms with van der Waals surface area (Å²) in [6, 6.07) is 10.7. The van der Waals surface area contributed by atoms with Crippen molar-refractivity contribution in [3.63, 3.8) is 0 Å². The van der Waals surface area contributed by atoms with Gasteiger partial charge < -0.3 is 4.98 Å². The monoisotopic (exact) mass is 396 g/mol. The van der Waals surface area contributed by atoms with Gasteiger partial charge in [0.1, 0.15) is 29.1 Å². The largest absolute Gasteiger partial charge is 0.338 e. The molecule has 0 aliphatic carbocycles. The van der Waals surface area contributed by atoms with Gasteiger partial charge in [0.15, 0.2) is 0 Å². The van der Waals surface area contributed by atoms with E-state index < -0.39 is 23.3 Å². The van der Waals surface area contributed by atoms with E-state index in [2.05, 4.69) is 16.5 Å². The molecule has 29 heavy (non-hydrogen) atoms. The summed E-state index contributed by atoms with van der Waals surface area (Å²) in [5, 5.41) is 0. The van der Waals surface area contributed by atoms with E-state index >= 15 is 0 Å². The number of nitrogens with one attached hydrogen (secondary N) is 1. The molecular formula is C23H16F4N2. The van der Waals surface area contributed by atoms with Gasteiger partial charge in [0.05, 0.1) is 16.6 Å². The van der Waals surface area contributed by atoms with Crippen LogP contribution in [0.5, 0.6) is 0 Å². The van der Waals surface area contributed by atoms with E-state index in [0.29, 0.717) is 27.7 Å². The Bertz CT molecular complexity index is 1220. The molecule has 2 nitrogen and oxygen atoms in total. The smallest absolute Gasteiger partial charge is 0.144 e. The average Bonchev–Trinajstić information content (AvgIpc) is 3.07. The van der Waals surface area contributed by atoms with Crippen molar-refractivity contribution in [1.82, 2.24) is 9.97 Å². The predicted octanol–water partition coefficient (Wildman–Crippen LogP) is 6.41. The highest BCUT2D eigenvalue weighted by molar-refractivity contribution is 5.92. The Morgan fingerprint density at radius 1 is 0.897 bits per heavy atom. The van der Waals surface area contributed by atoms with Crippen LogP contribution in [0, 0.1) is 23.3 Å². The molecule has 0 saturated heterocycles. The minimum absolute atomic E-state index is 0.00705. The second-order valence-electron chi connectivity index (χ2n) is 6.84. The van der Waals surface area contributed by atoms with Crippen LogP contribution in [-0.4, -0.2) is 9.97 Å². The number of nitrogens with zero attached hydrogens (tertiary/aromatic N) is 1. The lowest BCUT2D eigenvalue weighted by Crippen LogP contribution is -2.00. The van der Waals surface area contributed by atoms with Gasteiger partial charge in [-0.25, -0.2) is 22.5 Å². The summed E-state index contributed by atoms with van der Waals surface area (Å²) in [7, 11) is 0. The van der Waals surface area contributed by atoms with Gasteiger partial charge in [0, 0.05) is 17.5 Å². The number of imidazole rings is 1. The van der Waals surface area contributed by atoms with Crippen LogP contribution in [0.25, 0.3) is 28.0 Å². The fourth-order valence-electron chi connectivity index (χ4n) is 3.47. The summed E-state index contributed by atoms with van der Waals surface area (Å²) in [5.41, 5.74) is 2.46. The number of aromatic amines is 1. The topological polar surface area (TPSA) is 28.7 Å². The first-order valence-corrected chi connectivity index (χ1v) is 8.91. The third kappa shape index (κ3) is 3.31. The normalized spacial score (nSPS) is 11.2. The van der Waals surface area contributed by atoms with Gasteiger partial charge in [-0.2, -0.15) is 0 Å². The van der Waals surface area contributed by atoms with Crippen molar-refractivity contribution in [3.8, 4) is 11.4 Å². The average molecular weight is 396 g/mol. The van der Waals surface area contributed by atoms with Crippen molar-refractivity contribution >= 4 is 16.6 Å². The van der Waals surface area contributed by atoms with E-state index in [1.807, 2.05) is 0 Å². The first-order valence-electron chi connectivity index (χ1n) is 8.91. The molecule has 0 aliphatic heterocycles. The SMILES string of the molecule is C=C(C)c1c(Cc2c(F)cccc2F)ccc2[nH]c(-c3c(F)cccc3F)nc12. The highest BCUT2D eigenvalue weighted by Gasteiger charge is 2.19. The molecule has 0 unspecified atom stereocenters. The molecule has 146 valence electrons. The Hall–Kier alpha value is -3.41. The summed E-state index contributed by atoms with van der Waals surface area (Å²) in [6.45, 7) is 5.69. The van der Waals surface area contributed by atoms with E-state index in [0.717, 1.165) is 12.1 Å². The van der Waals surface area contributed by atoms with E-state index in [4.69, 9.17) is 0 Å². The van der Waals surface area contributed by atoms with Crippen molar-refractivity contribution in [2.75, 3.05) is 0 Å². The number of rotatable bonds is 4. The second-order valence-corrected chi connectivity index (χ2v) is 6.84. The predicted molar refractivity (Wildman–Crippen MR) is 105 cm³/mol. The molecule has 1 heterocycles. The minimum Gasteiger partial charge on any atom is -0.338 e. The number of hydrogen-bond donors (Lipinski definition) is 1. The molecule has 0 saturated carbocycles. The van der Waals surface area contributed by atoms with Crippen LogP contribution in [0.2, 0.25) is 0 Å². The Balaban J connectivity index is 1.90. The molecule has 0 aliphatic rings. The number of allylic oxidation sites excluding steroid dienone is 1. The lowest BCUT2D eigenvalue weighted by Gasteiger charge is -2.11. The number of fused-ring (bicyclic) bond motifs is 1. The van der Waals surface area contributed by atoms with E-state index in [1.165, 1.54) is 24.3 Å². The van der Waals surface area contributed by atoms with Crippen LogP contribution in [-0.2, 0) is 6.42 Å². The van der Waals surface area contributed by atoms with E-state index in [9.17, 15) is 17.6 Å². The van der Waals surface area contributed by atoms with Crippen LogP contribution in [0.15, 0.2) is 55.1 Å². The maximum Gasteiger partial charge on any atom is 0.144 e. The molecule has 4 rings (SSSR count). The van der Waals surface area contributed by atoms with Crippen molar-refractivity contribution in [2.45, 2.75) is 13.3 Å². The van der Waals surface area contributed by atoms with Crippen LogP contribution < -0.4 is 0 Å². The van der Waals surface area contributed by atoms with Gasteiger partial charge in [-0.1, -0.05) is 24.8 Å². The molecule has 0 atom stereocenters. The number of hydrogen-bond acceptors (Lipinski definition) is 1. The zero-order chi connectivity index (χ0) is 20.7. The molecule has 3 aromatic carbocycles. The zero-order valence-electron chi connectivity index (χ0n) is 15.5. The van der Waals surface area contributed by atoms with Crippen molar-refractivity contribution in [3.05, 3.63) is 95.1 Å². The lowest BCUT2D eigenvalue weighted by atomic mass is 9.94. The van der Waals surface area contributed by atoms with Crippen molar-refractivity contribution in [1.29, 1.82) is 0 Å². The molecule has 1 N–H and O–H groups in total. The summed E-state index contributed by atoms with van der Waals surface area (Å²) in [5.74, 6) is -2.74. The fraction of sp³-hybridized carbons (Fsp3) is 0.0870. The molecule has 0 amide bonds. The van der Waals surface area contributed by atoms with Gasteiger partial charge in [0.25, 0.3) is 0 Å². The van der Waals surface area contributed by atoms with Crippen LogP contribution in [0.1, 0.15) is 23.6 Å². The summed E-state index contributed by atoms with van der Waals surface area (Å²) in [6.07, 6.45) is -0.00705. The highest BCUT2D eigenvalue weighted by Crippen LogP contribution is 2.32. The number of halogens is 4. The standard InChI is InChI=1S/C23H16F4N2/c1-12(2)20-13(11-14-15(24)5-3-6-16(14)25)9-10-19-22(20)29-23(28-19)21-17(26)7-4-8-18(21)27/h3-10H,1,11H2,2H3,(H,28,29). The van der Waals surface area contributed by atoms with Crippen molar-refractivity contribution < 1.29 is 17.6 Å². The zero-order valence-corrected chi connectivity index (χ0v) is 15.5.